The summed E-state index contributed by atoms with van der Waals surface area (Å²) < 4.78 is 4.69. The molecular formula is C10H20N2O4. The lowest BCUT2D eigenvalue weighted by atomic mass is 10.1. The van der Waals surface area contributed by atoms with Gasteiger partial charge in [0.1, 0.15) is 0 Å². The lowest BCUT2D eigenvalue weighted by molar-refractivity contribution is -0.143. The Hall–Kier alpha value is -1.14. The zero-order valence-electron chi connectivity index (χ0n) is 9.73. The molecule has 94 valence electrons. The normalized spacial score (nSPS) is 14.2. The molecule has 0 saturated heterocycles. The van der Waals surface area contributed by atoms with Crippen LogP contribution in [0.5, 0.6) is 0 Å². The van der Waals surface area contributed by atoms with E-state index in [0.717, 1.165) is 12.8 Å². The second kappa shape index (κ2) is 8.06. The number of nitrogens with two attached hydrogens (primary N) is 1. The van der Waals surface area contributed by atoms with Gasteiger partial charge in [0, 0.05) is 19.6 Å². The van der Waals surface area contributed by atoms with Crippen LogP contribution in [0.15, 0.2) is 0 Å². The van der Waals surface area contributed by atoms with Crippen molar-refractivity contribution in [2.45, 2.75) is 38.3 Å². The first-order valence-electron chi connectivity index (χ1n) is 5.27. The van der Waals surface area contributed by atoms with Crippen molar-refractivity contribution in [2.24, 2.45) is 5.73 Å². The number of aliphatic carboxylic acids is 1. The molecule has 6 heteroatoms. The number of carbonyl (C=O) groups excluding carboxylic acids is 1. The van der Waals surface area contributed by atoms with Gasteiger partial charge in [-0.3, -0.25) is 4.79 Å². The molecule has 0 radical (unpaired) electrons. The molecule has 0 aromatic rings. The summed E-state index contributed by atoms with van der Waals surface area (Å²) in [6, 6.07) is -1.23. The van der Waals surface area contributed by atoms with Gasteiger partial charge in [0.2, 0.25) is 5.91 Å². The lowest BCUT2D eigenvalue weighted by Crippen LogP contribution is -2.45. The van der Waals surface area contributed by atoms with E-state index >= 15 is 0 Å². The highest BCUT2D eigenvalue weighted by Crippen LogP contribution is 1.98. The van der Waals surface area contributed by atoms with Crippen LogP contribution in [0.4, 0.5) is 0 Å². The number of nitrogens with one attached hydrogen (secondary N) is 1. The predicted octanol–water partition coefficient (Wildman–Crippen LogP) is -0.280. The van der Waals surface area contributed by atoms with Gasteiger partial charge in [0.25, 0.3) is 0 Å². The van der Waals surface area contributed by atoms with Crippen molar-refractivity contribution in [3.63, 3.8) is 0 Å². The van der Waals surface area contributed by atoms with Crippen LogP contribution in [0.1, 0.15) is 26.2 Å². The molecule has 0 spiro atoms. The highest BCUT2D eigenvalue weighted by atomic mass is 16.5. The molecule has 0 aromatic heterocycles. The fourth-order valence-corrected chi connectivity index (χ4v) is 1.31. The molecule has 0 saturated carbocycles. The van der Waals surface area contributed by atoms with Gasteiger partial charge in [-0.05, 0) is 6.42 Å². The fraction of sp³-hybridized carbons (Fsp3) is 0.800. The Balaban J connectivity index is 4.04. The number of amides is 1. The Morgan fingerprint density at radius 3 is 2.56 bits per heavy atom. The van der Waals surface area contributed by atoms with E-state index in [4.69, 9.17) is 15.6 Å². The molecule has 6 nitrogen and oxygen atoms in total. The zero-order valence-corrected chi connectivity index (χ0v) is 9.73. The molecule has 2 atom stereocenters. The molecule has 0 heterocycles. The largest absolute Gasteiger partial charge is 0.480 e. The summed E-state index contributed by atoms with van der Waals surface area (Å²) >= 11 is 0. The van der Waals surface area contributed by atoms with Crippen molar-refractivity contribution in [3.8, 4) is 0 Å². The highest BCUT2D eigenvalue weighted by Gasteiger charge is 2.20. The molecule has 0 aliphatic heterocycles. The average Bonchev–Trinajstić information content (AvgIpc) is 2.16. The molecule has 16 heavy (non-hydrogen) atoms. The van der Waals surface area contributed by atoms with E-state index in [1.165, 1.54) is 7.11 Å². The standard InChI is InChI=1S/C10H20N2O4/c1-3-4-7(11)5-9(13)12-8(6-16-2)10(14)15/h7-8H,3-6,11H2,1-2H3,(H,12,13)(H,14,15). The van der Waals surface area contributed by atoms with E-state index in [0.29, 0.717) is 0 Å². The molecule has 0 aliphatic carbocycles. The lowest BCUT2D eigenvalue weighted by Gasteiger charge is -2.15. The highest BCUT2D eigenvalue weighted by molar-refractivity contribution is 5.83. The number of hydrogen-bond donors (Lipinski definition) is 3. The maximum absolute atomic E-state index is 11.4. The number of carbonyl (C=O) groups is 2. The predicted molar refractivity (Wildman–Crippen MR) is 58.9 cm³/mol. The number of carboxylic acids is 1. The summed E-state index contributed by atoms with van der Waals surface area (Å²) in [5.74, 6) is -1.47. The third kappa shape index (κ3) is 6.36. The van der Waals surface area contributed by atoms with Gasteiger partial charge in [0.05, 0.1) is 6.61 Å². The van der Waals surface area contributed by atoms with Crippen molar-refractivity contribution in [1.82, 2.24) is 5.32 Å². The Bertz CT molecular complexity index is 233. The van der Waals surface area contributed by atoms with E-state index < -0.39 is 12.0 Å². The summed E-state index contributed by atoms with van der Waals surface area (Å²) in [6.07, 6.45) is 1.78. The molecule has 0 fully saturated rings. The first kappa shape index (κ1) is 14.9. The van der Waals surface area contributed by atoms with Crippen LogP contribution >= 0.6 is 0 Å². The monoisotopic (exact) mass is 232 g/mol. The number of ether oxygens (including phenoxy) is 1. The number of carboxylic acid groups (broad SMARTS) is 1. The van der Waals surface area contributed by atoms with Gasteiger partial charge in [0.15, 0.2) is 6.04 Å². The van der Waals surface area contributed by atoms with Gasteiger partial charge in [-0.15, -0.1) is 0 Å². The second-order valence-electron chi connectivity index (χ2n) is 3.67. The van der Waals surface area contributed by atoms with Gasteiger partial charge in [-0.1, -0.05) is 13.3 Å². The third-order valence-electron chi connectivity index (χ3n) is 2.07. The van der Waals surface area contributed by atoms with Gasteiger partial charge in [-0.25, -0.2) is 4.79 Å². The summed E-state index contributed by atoms with van der Waals surface area (Å²) in [5, 5.41) is 11.1. The molecule has 0 aromatic carbocycles. The van der Waals surface area contributed by atoms with E-state index in [2.05, 4.69) is 5.32 Å². The summed E-state index contributed by atoms with van der Waals surface area (Å²) in [7, 11) is 1.38. The quantitative estimate of drug-likeness (QED) is 0.534. The SMILES string of the molecule is CCCC(N)CC(=O)NC(COC)C(=O)O. The first-order valence-corrected chi connectivity index (χ1v) is 5.27. The summed E-state index contributed by atoms with van der Waals surface area (Å²) in [4.78, 5) is 22.1. The number of hydrogen-bond acceptors (Lipinski definition) is 4. The minimum absolute atomic E-state index is 0.0515. The van der Waals surface area contributed by atoms with Crippen LogP contribution in [-0.4, -0.2) is 42.8 Å². The van der Waals surface area contributed by atoms with E-state index in [1.54, 1.807) is 0 Å². The van der Waals surface area contributed by atoms with Crippen molar-refractivity contribution in [1.29, 1.82) is 0 Å². The first-order chi connectivity index (χ1) is 7.51. The van der Waals surface area contributed by atoms with Crippen LogP contribution < -0.4 is 11.1 Å². The fourth-order valence-electron chi connectivity index (χ4n) is 1.31. The topological polar surface area (TPSA) is 102 Å². The molecule has 0 aliphatic rings. The van der Waals surface area contributed by atoms with Crippen molar-refractivity contribution in [3.05, 3.63) is 0 Å². The third-order valence-corrected chi connectivity index (χ3v) is 2.07. The van der Waals surface area contributed by atoms with Crippen LogP contribution in [0.25, 0.3) is 0 Å². The van der Waals surface area contributed by atoms with Crippen molar-refractivity contribution in [2.75, 3.05) is 13.7 Å². The van der Waals surface area contributed by atoms with Crippen molar-refractivity contribution < 1.29 is 19.4 Å². The summed E-state index contributed by atoms with van der Waals surface area (Å²) in [6.45, 7) is 1.92. The molecule has 0 bridgehead atoms. The maximum Gasteiger partial charge on any atom is 0.328 e. The smallest absolute Gasteiger partial charge is 0.328 e. The van der Waals surface area contributed by atoms with Crippen LogP contribution in [0, 0.1) is 0 Å². The maximum atomic E-state index is 11.4. The molecule has 1 amide bonds. The minimum atomic E-state index is -1.11. The van der Waals surface area contributed by atoms with Gasteiger partial charge in [-0.2, -0.15) is 0 Å². The van der Waals surface area contributed by atoms with E-state index in [9.17, 15) is 9.59 Å². The second-order valence-corrected chi connectivity index (χ2v) is 3.67. The molecule has 0 rings (SSSR count). The summed E-state index contributed by atoms with van der Waals surface area (Å²) in [5.41, 5.74) is 5.67. The zero-order chi connectivity index (χ0) is 12.6. The Kier molecular flexibility index (Phi) is 7.49. The Morgan fingerprint density at radius 2 is 2.12 bits per heavy atom. The van der Waals surface area contributed by atoms with Gasteiger partial charge < -0.3 is 20.9 Å². The number of rotatable bonds is 8. The van der Waals surface area contributed by atoms with Crippen LogP contribution in [0.3, 0.4) is 0 Å². The van der Waals surface area contributed by atoms with Crippen LogP contribution in [0.2, 0.25) is 0 Å². The van der Waals surface area contributed by atoms with E-state index in [1.807, 2.05) is 6.92 Å². The molecule has 2 unspecified atom stereocenters. The molecular weight excluding hydrogens is 212 g/mol. The van der Waals surface area contributed by atoms with E-state index in [-0.39, 0.29) is 25.0 Å². The van der Waals surface area contributed by atoms with Crippen molar-refractivity contribution >= 4 is 11.9 Å². The molecule has 4 N–H and O–H groups in total. The number of methoxy groups -OCH3 is 1. The minimum Gasteiger partial charge on any atom is -0.480 e. The average molecular weight is 232 g/mol. The van der Waals surface area contributed by atoms with Gasteiger partial charge >= 0.3 is 5.97 Å². The Morgan fingerprint density at radius 1 is 1.50 bits per heavy atom. The van der Waals surface area contributed by atoms with Crippen LogP contribution in [-0.2, 0) is 14.3 Å². The Labute approximate surface area is 95.1 Å².